The SMILES string of the molecule is CCCc1ccc(-c2cccc3[cH-]c(CC)cc23)cc1.[Cl-].[Cl-].[Zr+3]. The standard InChI is InChI=1S/C20H21.2ClH.Zr/c1-3-6-16-9-11-17(12-10-16)19-8-5-7-18-13-15(4-2)14-20(18)19;;;/h5,7-14H,3-4,6H2,1-2H3;2*1H;/q-1;;;+3/p-2. The minimum absolute atomic E-state index is 0. The summed E-state index contributed by atoms with van der Waals surface area (Å²) < 4.78 is 0. The van der Waals surface area contributed by atoms with Crippen LogP contribution in [0.15, 0.2) is 54.6 Å². The first-order valence-corrected chi connectivity index (χ1v) is 7.59. The quantitative estimate of drug-likeness (QED) is 0.508. The summed E-state index contributed by atoms with van der Waals surface area (Å²) >= 11 is 0. The van der Waals surface area contributed by atoms with Crippen molar-refractivity contribution in [3.63, 3.8) is 0 Å². The van der Waals surface area contributed by atoms with E-state index < -0.39 is 0 Å². The molecule has 0 fully saturated rings. The van der Waals surface area contributed by atoms with Crippen molar-refractivity contribution in [3.05, 3.63) is 65.7 Å². The Balaban J connectivity index is 0.00000161. The molecular formula is C20H21Cl2Zr. The second kappa shape index (κ2) is 10.4. The van der Waals surface area contributed by atoms with Gasteiger partial charge in [-0.3, -0.25) is 0 Å². The Morgan fingerprint density at radius 2 is 1.61 bits per heavy atom. The van der Waals surface area contributed by atoms with Gasteiger partial charge in [0.05, 0.1) is 0 Å². The van der Waals surface area contributed by atoms with Gasteiger partial charge in [-0.15, -0.1) is 34.5 Å². The molecule has 1 radical (unpaired) electrons. The van der Waals surface area contributed by atoms with Crippen LogP contribution in [-0.2, 0) is 39.0 Å². The molecule has 0 spiro atoms. The second-order valence-corrected chi connectivity index (χ2v) is 5.47. The first kappa shape index (κ1) is 22.5. The molecule has 0 bridgehead atoms. The molecule has 0 saturated heterocycles. The van der Waals surface area contributed by atoms with Crippen LogP contribution in [0.2, 0.25) is 0 Å². The maximum absolute atomic E-state index is 2.34. The molecule has 0 unspecified atom stereocenters. The number of halogens is 2. The van der Waals surface area contributed by atoms with E-state index in [9.17, 15) is 0 Å². The van der Waals surface area contributed by atoms with Gasteiger partial charge in [0.2, 0.25) is 0 Å². The summed E-state index contributed by atoms with van der Waals surface area (Å²) in [5.41, 5.74) is 5.53. The molecule has 0 amide bonds. The van der Waals surface area contributed by atoms with E-state index in [0.717, 1.165) is 6.42 Å². The molecular weight excluding hydrogens is 402 g/mol. The predicted octanol–water partition coefficient (Wildman–Crippen LogP) is -0.254. The molecule has 0 aliphatic rings. The van der Waals surface area contributed by atoms with Crippen LogP contribution in [0.25, 0.3) is 21.9 Å². The van der Waals surface area contributed by atoms with E-state index in [1.807, 2.05) is 0 Å². The summed E-state index contributed by atoms with van der Waals surface area (Å²) in [7, 11) is 0. The molecule has 3 aromatic carbocycles. The van der Waals surface area contributed by atoms with Crippen LogP contribution in [0.4, 0.5) is 0 Å². The fourth-order valence-electron chi connectivity index (χ4n) is 2.89. The second-order valence-electron chi connectivity index (χ2n) is 5.47. The van der Waals surface area contributed by atoms with Crippen molar-refractivity contribution >= 4 is 10.8 Å². The third kappa shape index (κ3) is 4.99. The number of benzene rings is 2. The number of hydrogen-bond acceptors (Lipinski definition) is 0. The van der Waals surface area contributed by atoms with Crippen molar-refractivity contribution in [1.29, 1.82) is 0 Å². The van der Waals surface area contributed by atoms with Crippen LogP contribution >= 0.6 is 0 Å². The average molecular weight is 424 g/mol. The van der Waals surface area contributed by atoms with Crippen LogP contribution < -0.4 is 24.8 Å². The minimum atomic E-state index is 0. The van der Waals surface area contributed by atoms with E-state index in [1.54, 1.807) is 0 Å². The van der Waals surface area contributed by atoms with E-state index in [2.05, 4.69) is 68.4 Å². The molecule has 119 valence electrons. The molecule has 3 heteroatoms. The molecule has 3 aromatic rings. The molecule has 0 heterocycles. The van der Waals surface area contributed by atoms with E-state index >= 15 is 0 Å². The Kier molecular flexibility index (Phi) is 10.2. The van der Waals surface area contributed by atoms with E-state index in [1.165, 1.54) is 45.9 Å². The fourth-order valence-corrected chi connectivity index (χ4v) is 2.89. The van der Waals surface area contributed by atoms with Gasteiger partial charge >= 0.3 is 26.2 Å². The molecule has 0 aliphatic carbocycles. The van der Waals surface area contributed by atoms with Gasteiger partial charge in [-0.1, -0.05) is 56.2 Å². The van der Waals surface area contributed by atoms with Crippen molar-refractivity contribution in [2.45, 2.75) is 33.1 Å². The summed E-state index contributed by atoms with van der Waals surface area (Å²) in [6, 6.07) is 20.3. The summed E-state index contributed by atoms with van der Waals surface area (Å²) in [5.74, 6) is 0. The van der Waals surface area contributed by atoms with Gasteiger partial charge in [-0.25, -0.2) is 0 Å². The first-order valence-electron chi connectivity index (χ1n) is 7.59. The summed E-state index contributed by atoms with van der Waals surface area (Å²) in [6.45, 7) is 4.44. The molecule has 0 aromatic heterocycles. The van der Waals surface area contributed by atoms with Crippen molar-refractivity contribution < 1.29 is 51.0 Å². The molecule has 23 heavy (non-hydrogen) atoms. The van der Waals surface area contributed by atoms with Gasteiger partial charge in [0, 0.05) is 0 Å². The average Bonchev–Trinajstić information content (AvgIpc) is 2.91. The van der Waals surface area contributed by atoms with Crippen LogP contribution in [-0.4, -0.2) is 0 Å². The molecule has 0 aliphatic heterocycles. The van der Waals surface area contributed by atoms with Crippen LogP contribution in [0.1, 0.15) is 31.4 Å². The number of rotatable bonds is 4. The Morgan fingerprint density at radius 1 is 0.913 bits per heavy atom. The van der Waals surface area contributed by atoms with Gasteiger partial charge in [0.15, 0.2) is 0 Å². The third-order valence-electron chi connectivity index (χ3n) is 4.02. The van der Waals surface area contributed by atoms with Crippen molar-refractivity contribution in [3.8, 4) is 11.1 Å². The molecule has 0 atom stereocenters. The van der Waals surface area contributed by atoms with Crippen LogP contribution in [0, 0.1) is 0 Å². The fraction of sp³-hybridized carbons (Fsp3) is 0.250. The molecule has 0 nitrogen and oxygen atoms in total. The van der Waals surface area contributed by atoms with Gasteiger partial charge in [-0.2, -0.15) is 6.07 Å². The van der Waals surface area contributed by atoms with Crippen molar-refractivity contribution in [1.82, 2.24) is 0 Å². The maximum atomic E-state index is 2.34. The molecule has 0 N–H and O–H groups in total. The van der Waals surface area contributed by atoms with Crippen molar-refractivity contribution in [2.24, 2.45) is 0 Å². The molecule has 0 saturated carbocycles. The zero-order valence-corrected chi connectivity index (χ0v) is 17.5. The number of aryl methyl sites for hydroxylation is 2. The predicted molar refractivity (Wildman–Crippen MR) is 88.4 cm³/mol. The minimum Gasteiger partial charge on any atom is -1.00 e. The molecule has 3 rings (SSSR count). The maximum Gasteiger partial charge on any atom is 3.00 e. The number of fused-ring (bicyclic) bond motifs is 1. The topological polar surface area (TPSA) is 0 Å². The monoisotopic (exact) mass is 421 g/mol. The zero-order valence-electron chi connectivity index (χ0n) is 13.6. The van der Waals surface area contributed by atoms with Gasteiger partial charge in [0.25, 0.3) is 0 Å². The summed E-state index contributed by atoms with van der Waals surface area (Å²) in [5, 5.41) is 2.74. The Bertz CT molecular complexity index is 714. The van der Waals surface area contributed by atoms with Gasteiger partial charge < -0.3 is 24.8 Å². The number of hydrogen-bond donors (Lipinski definition) is 0. The normalized spacial score (nSPS) is 9.65. The summed E-state index contributed by atoms with van der Waals surface area (Å²) in [6.07, 6.45) is 3.47. The Labute approximate surface area is 171 Å². The zero-order chi connectivity index (χ0) is 13.9. The van der Waals surface area contributed by atoms with Gasteiger partial charge in [-0.05, 0) is 24.0 Å². The largest absolute Gasteiger partial charge is 3.00 e. The smallest absolute Gasteiger partial charge is 1.00 e. The first-order chi connectivity index (χ1) is 9.81. The Morgan fingerprint density at radius 3 is 2.22 bits per heavy atom. The van der Waals surface area contributed by atoms with E-state index in [-0.39, 0.29) is 51.0 Å². The van der Waals surface area contributed by atoms with Crippen LogP contribution in [0.5, 0.6) is 0 Å². The van der Waals surface area contributed by atoms with Crippen molar-refractivity contribution in [2.75, 3.05) is 0 Å². The van der Waals surface area contributed by atoms with Gasteiger partial charge in [0.1, 0.15) is 0 Å². The van der Waals surface area contributed by atoms with E-state index in [0.29, 0.717) is 0 Å². The summed E-state index contributed by atoms with van der Waals surface area (Å²) in [4.78, 5) is 0. The van der Waals surface area contributed by atoms with Crippen LogP contribution in [0.3, 0.4) is 0 Å². The van der Waals surface area contributed by atoms with E-state index in [4.69, 9.17) is 0 Å². The third-order valence-corrected chi connectivity index (χ3v) is 4.02. The Hall–Kier alpha value is -0.487.